The van der Waals surface area contributed by atoms with Crippen LogP contribution in [0.5, 0.6) is 0 Å². The third kappa shape index (κ3) is 3.18. The molecule has 1 aliphatic rings. The molecule has 0 aliphatic carbocycles. The molecular weight excluding hydrogens is 284 g/mol. The van der Waals surface area contributed by atoms with E-state index in [0.717, 1.165) is 9.71 Å². The third-order valence-corrected chi connectivity index (χ3v) is 4.86. The Balaban J connectivity index is 2.70. The first kappa shape index (κ1) is 16.6. The van der Waals surface area contributed by atoms with Crippen LogP contribution in [0.25, 0.3) is 0 Å². The summed E-state index contributed by atoms with van der Waals surface area (Å²) in [5, 5.41) is 9.98. The van der Waals surface area contributed by atoms with Crippen molar-refractivity contribution in [2.24, 2.45) is 11.8 Å². The van der Waals surface area contributed by atoms with Crippen LogP contribution in [0.4, 0.5) is 0 Å². The van der Waals surface area contributed by atoms with Gasteiger partial charge in [-0.15, -0.1) is 0 Å². The molecule has 0 radical (unpaired) electrons. The van der Waals surface area contributed by atoms with E-state index >= 15 is 0 Å². The number of carboxylic acids is 1. The summed E-state index contributed by atoms with van der Waals surface area (Å²) in [7, 11) is -2.06. The molecule has 0 aromatic carbocycles. The molecule has 0 unspecified atom stereocenters. The van der Waals surface area contributed by atoms with Gasteiger partial charge in [-0.05, 0) is 5.92 Å². The first-order valence-electron chi connectivity index (χ1n) is 6.24. The number of amides is 1. The Morgan fingerprint density at radius 2 is 1.90 bits per heavy atom. The Labute approximate surface area is 118 Å². The summed E-state index contributed by atoms with van der Waals surface area (Å²) in [5.74, 6) is -2.13. The van der Waals surface area contributed by atoms with Crippen molar-refractivity contribution in [1.29, 1.82) is 0 Å². The van der Waals surface area contributed by atoms with Crippen LogP contribution in [-0.2, 0) is 19.6 Å². The maximum atomic E-state index is 12.2. The van der Waals surface area contributed by atoms with Crippen molar-refractivity contribution >= 4 is 21.9 Å². The second-order valence-electron chi connectivity index (χ2n) is 5.20. The van der Waals surface area contributed by atoms with E-state index in [1.807, 2.05) is 0 Å². The number of hydrogen-bond acceptors (Lipinski definition) is 4. The Bertz CT molecular complexity index is 508. The highest BCUT2D eigenvalue weighted by molar-refractivity contribution is 7.92. The van der Waals surface area contributed by atoms with Gasteiger partial charge in [0, 0.05) is 25.5 Å². The Hall–Kier alpha value is -1.41. The third-order valence-electron chi connectivity index (χ3n) is 3.42. The molecule has 8 heteroatoms. The van der Waals surface area contributed by atoms with E-state index < -0.39 is 28.0 Å². The summed E-state index contributed by atoms with van der Waals surface area (Å²) in [6.45, 7) is 6.80. The highest BCUT2D eigenvalue weighted by atomic mass is 32.2. The van der Waals surface area contributed by atoms with E-state index in [0.29, 0.717) is 0 Å². The largest absolute Gasteiger partial charge is 0.480 e. The van der Waals surface area contributed by atoms with Gasteiger partial charge >= 0.3 is 5.97 Å². The van der Waals surface area contributed by atoms with Crippen molar-refractivity contribution < 1.29 is 23.1 Å². The summed E-state index contributed by atoms with van der Waals surface area (Å²) < 4.78 is 24.1. The van der Waals surface area contributed by atoms with Gasteiger partial charge < -0.3 is 10.0 Å². The van der Waals surface area contributed by atoms with Gasteiger partial charge in [-0.1, -0.05) is 20.4 Å². The van der Waals surface area contributed by atoms with Gasteiger partial charge in [0.25, 0.3) is 0 Å². The second-order valence-corrected chi connectivity index (χ2v) is 7.08. The van der Waals surface area contributed by atoms with E-state index in [1.165, 1.54) is 11.9 Å². The first-order valence-corrected chi connectivity index (χ1v) is 7.74. The summed E-state index contributed by atoms with van der Waals surface area (Å²) in [6, 6.07) is -0.910. The fourth-order valence-corrected chi connectivity index (χ4v) is 3.22. The van der Waals surface area contributed by atoms with Gasteiger partial charge in [0.15, 0.2) is 0 Å². The molecule has 1 amide bonds. The van der Waals surface area contributed by atoms with Crippen LogP contribution in [0.2, 0.25) is 0 Å². The monoisotopic (exact) mass is 304 g/mol. The molecule has 1 heterocycles. The van der Waals surface area contributed by atoms with Crippen molar-refractivity contribution in [3.05, 3.63) is 12.0 Å². The normalized spacial score (nSPS) is 18.4. The summed E-state index contributed by atoms with van der Waals surface area (Å²) in [6.07, 6.45) is 0. The van der Waals surface area contributed by atoms with Crippen molar-refractivity contribution in [3.63, 3.8) is 0 Å². The minimum absolute atomic E-state index is 0.0714. The lowest BCUT2D eigenvalue weighted by Gasteiger charge is -2.39. The van der Waals surface area contributed by atoms with E-state index in [9.17, 15) is 18.0 Å². The van der Waals surface area contributed by atoms with Crippen LogP contribution in [0, 0.1) is 11.8 Å². The highest BCUT2D eigenvalue weighted by Gasteiger charge is 2.42. The molecule has 7 nitrogen and oxygen atoms in total. The highest BCUT2D eigenvalue weighted by Crippen LogP contribution is 2.23. The average Bonchev–Trinajstić information content (AvgIpc) is 2.25. The lowest BCUT2D eigenvalue weighted by Crippen LogP contribution is -2.58. The molecule has 0 saturated carbocycles. The van der Waals surface area contributed by atoms with Crippen LogP contribution < -0.4 is 0 Å². The van der Waals surface area contributed by atoms with E-state index in [4.69, 9.17) is 5.11 Å². The van der Waals surface area contributed by atoms with E-state index in [2.05, 4.69) is 6.58 Å². The van der Waals surface area contributed by atoms with Crippen LogP contribution in [0.1, 0.15) is 13.8 Å². The predicted octanol–water partition coefficient (Wildman–Crippen LogP) is -0.0409. The molecule has 0 aromatic rings. The van der Waals surface area contributed by atoms with Gasteiger partial charge in [-0.25, -0.2) is 13.2 Å². The number of carbonyl (C=O) groups is 2. The van der Waals surface area contributed by atoms with E-state index in [-0.39, 0.29) is 24.9 Å². The van der Waals surface area contributed by atoms with Crippen LogP contribution in [0.3, 0.4) is 0 Å². The smallest absolute Gasteiger partial charge is 0.326 e. The van der Waals surface area contributed by atoms with Crippen LogP contribution >= 0.6 is 0 Å². The molecule has 1 rings (SSSR count). The second kappa shape index (κ2) is 5.92. The summed E-state index contributed by atoms with van der Waals surface area (Å²) in [5.41, 5.74) is 0. The Kier molecular flexibility index (Phi) is 4.93. The molecular formula is C12H20N2O5S. The van der Waals surface area contributed by atoms with Crippen LogP contribution in [-0.4, -0.2) is 60.8 Å². The minimum Gasteiger partial charge on any atom is -0.480 e. The van der Waals surface area contributed by atoms with Gasteiger partial charge in [0.05, 0.1) is 5.92 Å². The quantitative estimate of drug-likeness (QED) is 0.743. The number of carboxylic acid groups (broad SMARTS) is 1. The molecule has 0 bridgehead atoms. The summed E-state index contributed by atoms with van der Waals surface area (Å²) in [4.78, 5) is 24.5. The average molecular weight is 304 g/mol. The molecule has 20 heavy (non-hydrogen) atoms. The zero-order chi connectivity index (χ0) is 15.7. The van der Waals surface area contributed by atoms with Gasteiger partial charge in [-0.3, -0.25) is 4.79 Å². The fourth-order valence-electron chi connectivity index (χ4n) is 2.23. The molecule has 114 valence electrons. The SMILES string of the molecule is C=CS(=O)(=O)N1CC(C(=O)N(C)[C@H](C(=O)O)C(C)C)C1. The van der Waals surface area contributed by atoms with Gasteiger partial charge in [-0.2, -0.15) is 4.31 Å². The molecule has 1 saturated heterocycles. The topological polar surface area (TPSA) is 95.0 Å². The zero-order valence-corrected chi connectivity index (χ0v) is 12.6. The number of nitrogens with zero attached hydrogens (tertiary/aromatic N) is 2. The molecule has 1 aliphatic heterocycles. The lowest BCUT2D eigenvalue weighted by atomic mass is 9.97. The molecule has 0 spiro atoms. The Morgan fingerprint density at radius 1 is 1.40 bits per heavy atom. The zero-order valence-electron chi connectivity index (χ0n) is 11.8. The Morgan fingerprint density at radius 3 is 2.25 bits per heavy atom. The van der Waals surface area contributed by atoms with Crippen molar-refractivity contribution in [3.8, 4) is 0 Å². The first-order chi connectivity index (χ1) is 9.11. The van der Waals surface area contributed by atoms with Gasteiger partial charge in [0.2, 0.25) is 15.9 Å². The lowest BCUT2D eigenvalue weighted by molar-refractivity contribution is -0.154. The van der Waals surface area contributed by atoms with Gasteiger partial charge in [0.1, 0.15) is 6.04 Å². The number of aliphatic carboxylic acids is 1. The fraction of sp³-hybridized carbons (Fsp3) is 0.667. The van der Waals surface area contributed by atoms with Crippen molar-refractivity contribution in [1.82, 2.24) is 9.21 Å². The number of rotatable bonds is 6. The standard InChI is InChI=1S/C12H20N2O5S/c1-5-20(18,19)14-6-9(7-14)11(15)13(4)10(8(2)3)12(16)17/h5,8-10H,1,6-7H2,2-4H3,(H,16,17)/t10-/m0/s1. The van der Waals surface area contributed by atoms with E-state index in [1.54, 1.807) is 13.8 Å². The molecule has 1 N–H and O–H groups in total. The minimum atomic E-state index is -3.50. The van der Waals surface area contributed by atoms with Crippen molar-refractivity contribution in [2.45, 2.75) is 19.9 Å². The number of sulfonamides is 1. The number of carbonyl (C=O) groups excluding carboxylic acids is 1. The number of likely N-dealkylation sites (N-methyl/N-ethyl adjacent to an activating group) is 1. The number of hydrogen-bond donors (Lipinski definition) is 1. The predicted molar refractivity (Wildman–Crippen MR) is 73.2 cm³/mol. The summed E-state index contributed by atoms with van der Waals surface area (Å²) >= 11 is 0. The maximum absolute atomic E-state index is 12.2. The molecule has 0 aromatic heterocycles. The molecule has 1 fully saturated rings. The molecule has 1 atom stereocenters. The van der Waals surface area contributed by atoms with Crippen LogP contribution in [0.15, 0.2) is 12.0 Å². The maximum Gasteiger partial charge on any atom is 0.326 e. The van der Waals surface area contributed by atoms with Crippen molar-refractivity contribution in [2.75, 3.05) is 20.1 Å².